The molecule has 4 aromatic heterocycles. The highest BCUT2D eigenvalue weighted by molar-refractivity contribution is 7.13. The summed E-state index contributed by atoms with van der Waals surface area (Å²) in [6.45, 7) is 4.62. The number of carbonyl (C=O) groups is 3. The van der Waals surface area contributed by atoms with Gasteiger partial charge in [0.25, 0.3) is 0 Å². The molecule has 4 aromatic rings. The van der Waals surface area contributed by atoms with Gasteiger partial charge in [0.05, 0.1) is 45.6 Å². The van der Waals surface area contributed by atoms with Crippen LogP contribution < -0.4 is 0 Å². The number of ketones is 1. The molecule has 0 aliphatic carbocycles. The number of hydrogen-bond donors (Lipinski definition) is 1. The van der Waals surface area contributed by atoms with Gasteiger partial charge >= 0.3 is 11.9 Å². The second-order valence-corrected chi connectivity index (χ2v) is 8.50. The number of hydrogen-bond acceptors (Lipinski definition) is 8. The first kappa shape index (κ1) is 22.4. The molecule has 0 bridgehead atoms. The number of esters is 2. The summed E-state index contributed by atoms with van der Waals surface area (Å²) in [6.07, 6.45) is 0. The SMILES string of the molecule is COC(=O)c1c(C)[nH]c(C(=O)COC(=O)c2cc(-c3cccs3)nc3c2c(C)nn3C)c1C. The van der Waals surface area contributed by atoms with Crippen LogP contribution >= 0.6 is 11.3 Å². The number of carbonyl (C=O) groups excluding carboxylic acids is 3. The lowest BCUT2D eigenvalue weighted by atomic mass is 10.1. The molecule has 0 radical (unpaired) electrons. The summed E-state index contributed by atoms with van der Waals surface area (Å²) >= 11 is 1.50. The van der Waals surface area contributed by atoms with Crippen LogP contribution in [0.4, 0.5) is 0 Å². The summed E-state index contributed by atoms with van der Waals surface area (Å²) < 4.78 is 11.8. The van der Waals surface area contributed by atoms with E-state index in [0.717, 1.165) is 4.88 Å². The molecule has 4 rings (SSSR count). The van der Waals surface area contributed by atoms with E-state index in [0.29, 0.717) is 39.2 Å². The van der Waals surface area contributed by atoms with Gasteiger partial charge in [-0.15, -0.1) is 11.3 Å². The van der Waals surface area contributed by atoms with Crippen LogP contribution in [0, 0.1) is 20.8 Å². The lowest BCUT2D eigenvalue weighted by Crippen LogP contribution is -2.16. The Bertz CT molecular complexity index is 1400. The van der Waals surface area contributed by atoms with Crippen LogP contribution in [0.3, 0.4) is 0 Å². The van der Waals surface area contributed by atoms with Crippen molar-refractivity contribution < 1.29 is 23.9 Å². The largest absolute Gasteiger partial charge is 0.465 e. The van der Waals surface area contributed by atoms with Crippen LogP contribution in [0.5, 0.6) is 0 Å². The molecule has 10 heteroatoms. The average molecular weight is 467 g/mol. The van der Waals surface area contributed by atoms with Crippen molar-refractivity contribution in [1.29, 1.82) is 0 Å². The lowest BCUT2D eigenvalue weighted by molar-refractivity contribution is 0.0475. The zero-order valence-electron chi connectivity index (χ0n) is 18.8. The number of pyridine rings is 1. The Hall–Kier alpha value is -3.79. The summed E-state index contributed by atoms with van der Waals surface area (Å²) in [7, 11) is 3.03. The molecule has 0 aromatic carbocycles. The summed E-state index contributed by atoms with van der Waals surface area (Å²) in [4.78, 5) is 46.3. The number of ether oxygens (including phenoxy) is 2. The number of rotatable bonds is 6. The highest BCUT2D eigenvalue weighted by Crippen LogP contribution is 2.29. The van der Waals surface area contributed by atoms with E-state index in [-0.39, 0.29) is 11.3 Å². The van der Waals surface area contributed by atoms with Gasteiger partial charge < -0.3 is 14.5 Å². The second-order valence-electron chi connectivity index (χ2n) is 7.56. The Kier molecular flexibility index (Phi) is 5.86. The zero-order chi connectivity index (χ0) is 23.9. The summed E-state index contributed by atoms with van der Waals surface area (Å²) in [5, 5.41) is 6.89. The minimum atomic E-state index is -0.654. The summed E-state index contributed by atoms with van der Waals surface area (Å²) in [6, 6.07) is 5.48. The Balaban J connectivity index is 1.64. The normalized spacial score (nSPS) is 11.1. The molecule has 0 saturated heterocycles. The van der Waals surface area contributed by atoms with Crippen molar-refractivity contribution in [3.05, 3.63) is 57.4 Å². The van der Waals surface area contributed by atoms with Crippen LogP contribution in [0.25, 0.3) is 21.6 Å². The molecule has 170 valence electrons. The maximum atomic E-state index is 13.1. The molecule has 0 amide bonds. The molecular weight excluding hydrogens is 444 g/mol. The van der Waals surface area contributed by atoms with Crippen LogP contribution in [-0.4, -0.2) is 51.2 Å². The number of fused-ring (bicyclic) bond motifs is 1. The number of nitrogens with zero attached hydrogens (tertiary/aromatic N) is 3. The summed E-state index contributed by atoms with van der Waals surface area (Å²) in [5.74, 6) is -1.64. The van der Waals surface area contributed by atoms with Crippen molar-refractivity contribution in [3.63, 3.8) is 0 Å². The van der Waals surface area contributed by atoms with E-state index in [4.69, 9.17) is 9.47 Å². The number of methoxy groups -OCH3 is 1. The van der Waals surface area contributed by atoms with Crippen LogP contribution in [0.2, 0.25) is 0 Å². The van der Waals surface area contributed by atoms with E-state index < -0.39 is 24.3 Å². The zero-order valence-corrected chi connectivity index (χ0v) is 19.6. The first-order valence-electron chi connectivity index (χ1n) is 10.1. The molecule has 4 heterocycles. The molecule has 0 unspecified atom stereocenters. The smallest absolute Gasteiger partial charge is 0.339 e. The van der Waals surface area contributed by atoms with Crippen molar-refractivity contribution in [2.24, 2.45) is 7.05 Å². The molecule has 0 atom stereocenters. The standard InChI is InChI=1S/C23H22N4O5S/c1-11-18(23(30)31-5)12(2)24-20(11)16(28)10-32-22(29)14-9-15(17-7-6-8-33-17)25-21-19(14)13(3)26-27(21)4/h6-9,24H,10H2,1-5H3. The average Bonchev–Trinajstić information content (AvgIpc) is 3.50. The fourth-order valence-electron chi connectivity index (χ4n) is 3.87. The van der Waals surface area contributed by atoms with Crippen LogP contribution in [0.1, 0.15) is 48.2 Å². The van der Waals surface area contributed by atoms with Gasteiger partial charge in [-0.25, -0.2) is 14.6 Å². The number of nitrogens with one attached hydrogen (secondary N) is 1. The van der Waals surface area contributed by atoms with Gasteiger partial charge in [-0.2, -0.15) is 5.10 Å². The maximum absolute atomic E-state index is 13.1. The Morgan fingerprint density at radius 3 is 2.61 bits per heavy atom. The third-order valence-corrected chi connectivity index (χ3v) is 6.29. The first-order chi connectivity index (χ1) is 15.7. The predicted molar refractivity (Wildman–Crippen MR) is 123 cm³/mol. The molecule has 0 aliphatic heterocycles. The molecule has 33 heavy (non-hydrogen) atoms. The molecule has 0 spiro atoms. The molecule has 0 fully saturated rings. The van der Waals surface area contributed by atoms with Crippen LogP contribution in [-0.2, 0) is 16.5 Å². The van der Waals surface area contributed by atoms with Crippen molar-refractivity contribution in [2.75, 3.05) is 13.7 Å². The van der Waals surface area contributed by atoms with Gasteiger partial charge in [0.15, 0.2) is 12.3 Å². The highest BCUT2D eigenvalue weighted by atomic mass is 32.1. The second kappa shape index (κ2) is 8.62. The predicted octanol–water partition coefficient (Wildman–Crippen LogP) is 3.78. The third-order valence-electron chi connectivity index (χ3n) is 5.40. The monoisotopic (exact) mass is 466 g/mol. The fraction of sp³-hybridized carbons (Fsp3) is 0.261. The molecule has 0 aliphatic rings. The van der Waals surface area contributed by atoms with E-state index in [9.17, 15) is 14.4 Å². The van der Waals surface area contributed by atoms with E-state index in [1.807, 2.05) is 17.5 Å². The first-order valence-corrected chi connectivity index (χ1v) is 11.0. The quantitative estimate of drug-likeness (QED) is 0.340. The van der Waals surface area contributed by atoms with Gasteiger partial charge in [0.2, 0.25) is 5.78 Å². The van der Waals surface area contributed by atoms with Gasteiger partial charge in [-0.3, -0.25) is 9.48 Å². The highest BCUT2D eigenvalue weighted by Gasteiger charge is 2.25. The van der Waals surface area contributed by atoms with E-state index in [2.05, 4.69) is 15.1 Å². The number of aromatic amines is 1. The number of thiophene rings is 1. The fourth-order valence-corrected chi connectivity index (χ4v) is 4.56. The topological polar surface area (TPSA) is 116 Å². The van der Waals surface area contributed by atoms with Gasteiger partial charge in [-0.1, -0.05) is 6.07 Å². The Labute approximate surface area is 193 Å². The van der Waals surface area contributed by atoms with Gasteiger partial charge in [0.1, 0.15) is 0 Å². The van der Waals surface area contributed by atoms with Gasteiger partial charge in [-0.05, 0) is 43.8 Å². The van der Waals surface area contributed by atoms with E-state index in [1.54, 1.807) is 38.6 Å². The van der Waals surface area contributed by atoms with Crippen LogP contribution in [0.15, 0.2) is 23.6 Å². The van der Waals surface area contributed by atoms with E-state index in [1.165, 1.54) is 18.4 Å². The molecule has 0 saturated carbocycles. The Morgan fingerprint density at radius 1 is 1.18 bits per heavy atom. The van der Waals surface area contributed by atoms with Crippen molar-refractivity contribution in [2.45, 2.75) is 20.8 Å². The maximum Gasteiger partial charge on any atom is 0.339 e. The minimum absolute atomic E-state index is 0.206. The number of H-pyrrole nitrogens is 1. The Morgan fingerprint density at radius 2 is 1.94 bits per heavy atom. The summed E-state index contributed by atoms with van der Waals surface area (Å²) in [5.41, 5.74) is 3.57. The van der Waals surface area contributed by atoms with E-state index >= 15 is 0 Å². The molecule has 1 N–H and O–H groups in total. The van der Waals surface area contributed by atoms with Gasteiger partial charge in [0, 0.05) is 12.7 Å². The van der Waals surface area contributed by atoms with Crippen molar-refractivity contribution >= 4 is 40.1 Å². The van der Waals surface area contributed by atoms with Crippen molar-refractivity contribution in [3.8, 4) is 10.6 Å². The third kappa shape index (κ3) is 3.93. The number of Topliss-reactive ketones (excluding diaryl/α,β-unsaturated/α-hetero) is 1. The molecule has 9 nitrogen and oxygen atoms in total. The molecular formula is C23H22N4O5S. The lowest BCUT2D eigenvalue weighted by Gasteiger charge is -2.08. The van der Waals surface area contributed by atoms with Crippen molar-refractivity contribution in [1.82, 2.24) is 19.7 Å². The minimum Gasteiger partial charge on any atom is -0.465 e. The number of aryl methyl sites for hydroxylation is 3. The number of aromatic nitrogens is 4.